The number of H-pyrrole nitrogens is 2. The number of carbonyl (C=O) groups is 2. The highest BCUT2D eigenvalue weighted by molar-refractivity contribution is 6.31. The van der Waals surface area contributed by atoms with Crippen LogP contribution in [0.5, 0.6) is 0 Å². The second-order valence-corrected chi connectivity index (χ2v) is 9.90. The van der Waals surface area contributed by atoms with Crippen LogP contribution in [0.1, 0.15) is 57.4 Å². The first-order valence-electron chi connectivity index (χ1n) is 11.6. The van der Waals surface area contributed by atoms with Gasteiger partial charge in [-0.2, -0.15) is 13.2 Å². The van der Waals surface area contributed by atoms with Gasteiger partial charge in [0.1, 0.15) is 0 Å². The van der Waals surface area contributed by atoms with Gasteiger partial charge in [-0.15, -0.1) is 0 Å². The van der Waals surface area contributed by atoms with Crippen LogP contribution < -0.4 is 15.6 Å². The summed E-state index contributed by atoms with van der Waals surface area (Å²) in [6, 6.07) is 12.7. The van der Waals surface area contributed by atoms with E-state index in [1.807, 2.05) is 0 Å². The summed E-state index contributed by atoms with van der Waals surface area (Å²) >= 11 is 6.19. The van der Waals surface area contributed by atoms with Crippen LogP contribution in [0.3, 0.4) is 0 Å². The van der Waals surface area contributed by atoms with E-state index in [9.17, 15) is 22.8 Å². The number of rotatable bonds is 5. The SMILES string of the molecule is Cc1c(Cl)cccc1NC(=O)c1cc(NC(=O)c2ccccc2C(F)(F)F)cc2[nH]c(C3(C)CC3)[nH+]c12. The van der Waals surface area contributed by atoms with E-state index in [-0.39, 0.29) is 16.7 Å². The third-order valence-corrected chi connectivity index (χ3v) is 7.16. The smallest absolute Gasteiger partial charge is 0.322 e. The zero-order valence-electron chi connectivity index (χ0n) is 19.9. The zero-order valence-corrected chi connectivity index (χ0v) is 20.7. The quantitative estimate of drug-likeness (QED) is 0.276. The number of carbonyl (C=O) groups excluding carboxylic acids is 2. The van der Waals surface area contributed by atoms with Crippen LogP contribution >= 0.6 is 11.6 Å². The van der Waals surface area contributed by atoms with Crippen molar-refractivity contribution in [2.45, 2.75) is 38.3 Å². The molecular weight excluding hydrogens is 505 g/mol. The minimum Gasteiger partial charge on any atom is -0.322 e. The number of halogens is 4. The van der Waals surface area contributed by atoms with Crippen LogP contribution in [0.2, 0.25) is 5.02 Å². The largest absolute Gasteiger partial charge is 0.417 e. The number of imidazole rings is 1. The van der Waals surface area contributed by atoms with Crippen molar-refractivity contribution < 1.29 is 27.7 Å². The van der Waals surface area contributed by atoms with Gasteiger partial charge in [0.2, 0.25) is 0 Å². The van der Waals surface area contributed by atoms with Crippen molar-refractivity contribution in [2.24, 2.45) is 0 Å². The number of benzene rings is 3. The number of aromatic nitrogens is 2. The highest BCUT2D eigenvalue weighted by Gasteiger charge is 2.46. The van der Waals surface area contributed by atoms with Gasteiger partial charge < -0.3 is 10.6 Å². The van der Waals surface area contributed by atoms with Gasteiger partial charge in [0, 0.05) is 22.5 Å². The zero-order chi connectivity index (χ0) is 26.5. The normalized spacial score (nSPS) is 14.4. The fourth-order valence-electron chi connectivity index (χ4n) is 4.22. The van der Waals surface area contributed by atoms with Crippen LogP contribution in [0.25, 0.3) is 11.0 Å². The number of alkyl halides is 3. The van der Waals surface area contributed by atoms with E-state index >= 15 is 0 Å². The Hall–Kier alpha value is -3.85. The van der Waals surface area contributed by atoms with E-state index in [2.05, 4.69) is 27.5 Å². The van der Waals surface area contributed by atoms with E-state index < -0.39 is 29.1 Å². The summed E-state index contributed by atoms with van der Waals surface area (Å²) in [7, 11) is 0. The van der Waals surface area contributed by atoms with Crippen LogP contribution in [-0.2, 0) is 11.6 Å². The van der Waals surface area contributed by atoms with Crippen LogP contribution in [0.15, 0.2) is 54.6 Å². The summed E-state index contributed by atoms with van der Waals surface area (Å²) in [4.78, 5) is 32.9. The number of fused-ring (bicyclic) bond motifs is 1. The molecule has 0 aliphatic heterocycles. The third kappa shape index (κ3) is 4.79. The topological polar surface area (TPSA) is 88.1 Å². The number of aromatic amines is 2. The minimum atomic E-state index is -4.69. The Bertz CT molecular complexity index is 1560. The van der Waals surface area contributed by atoms with Crippen molar-refractivity contribution >= 4 is 45.8 Å². The average Bonchev–Trinajstić information content (AvgIpc) is 3.44. The molecule has 1 saturated carbocycles. The number of amides is 2. The van der Waals surface area contributed by atoms with E-state index in [0.717, 1.165) is 30.8 Å². The summed E-state index contributed by atoms with van der Waals surface area (Å²) in [5, 5.41) is 5.87. The van der Waals surface area contributed by atoms with E-state index in [4.69, 9.17) is 11.6 Å². The summed E-state index contributed by atoms with van der Waals surface area (Å²) in [6.07, 6.45) is -2.75. The van der Waals surface area contributed by atoms with Gasteiger partial charge >= 0.3 is 6.18 Å². The molecule has 1 aromatic heterocycles. The second kappa shape index (κ2) is 8.92. The van der Waals surface area contributed by atoms with Gasteiger partial charge in [-0.1, -0.05) is 29.8 Å². The molecule has 4 N–H and O–H groups in total. The first-order chi connectivity index (χ1) is 17.5. The summed E-state index contributed by atoms with van der Waals surface area (Å²) < 4.78 is 40.4. The van der Waals surface area contributed by atoms with Crippen LogP contribution in [0.4, 0.5) is 24.5 Å². The molecule has 4 aromatic rings. The molecule has 10 heteroatoms. The predicted octanol–water partition coefficient (Wildman–Crippen LogP) is 6.52. The van der Waals surface area contributed by atoms with E-state index in [0.29, 0.717) is 27.3 Å². The molecule has 37 heavy (non-hydrogen) atoms. The molecular formula is C27H23ClF3N4O2+. The highest BCUT2D eigenvalue weighted by Crippen LogP contribution is 2.45. The molecule has 3 aromatic carbocycles. The predicted molar refractivity (Wildman–Crippen MR) is 135 cm³/mol. The minimum absolute atomic E-state index is 0.0780. The molecule has 190 valence electrons. The number of anilines is 2. The second-order valence-electron chi connectivity index (χ2n) is 9.50. The van der Waals surface area contributed by atoms with E-state index in [1.54, 1.807) is 31.2 Å². The molecule has 6 nitrogen and oxygen atoms in total. The Balaban J connectivity index is 1.55. The van der Waals surface area contributed by atoms with Gasteiger partial charge in [0.05, 0.1) is 22.1 Å². The lowest BCUT2D eigenvalue weighted by atomic mass is 10.1. The first-order valence-corrected chi connectivity index (χ1v) is 12.0. The lowest BCUT2D eigenvalue weighted by Crippen LogP contribution is -2.21. The lowest BCUT2D eigenvalue weighted by molar-refractivity contribution is -0.362. The maximum Gasteiger partial charge on any atom is 0.417 e. The summed E-state index contributed by atoms with van der Waals surface area (Å²) in [5.41, 5.74) is 1.02. The van der Waals surface area contributed by atoms with Gasteiger partial charge in [-0.3, -0.25) is 9.59 Å². The monoisotopic (exact) mass is 527 g/mol. The highest BCUT2D eigenvalue weighted by atomic mass is 35.5. The van der Waals surface area contributed by atoms with Crippen molar-refractivity contribution in [3.05, 3.63) is 87.7 Å². The number of hydrogen-bond donors (Lipinski definition) is 3. The summed E-state index contributed by atoms with van der Waals surface area (Å²) in [5.74, 6) is -0.569. The maximum absolute atomic E-state index is 13.5. The number of hydrogen-bond acceptors (Lipinski definition) is 2. The summed E-state index contributed by atoms with van der Waals surface area (Å²) in [6.45, 7) is 3.86. The molecule has 0 radical (unpaired) electrons. The van der Waals surface area contributed by atoms with Crippen molar-refractivity contribution in [3.63, 3.8) is 0 Å². The molecule has 0 bridgehead atoms. The maximum atomic E-state index is 13.5. The van der Waals surface area contributed by atoms with Gasteiger partial charge in [0.25, 0.3) is 17.6 Å². The van der Waals surface area contributed by atoms with Crippen molar-refractivity contribution in [1.82, 2.24) is 4.98 Å². The third-order valence-electron chi connectivity index (χ3n) is 6.75. The Morgan fingerprint density at radius 3 is 2.41 bits per heavy atom. The fraction of sp³-hybridized carbons (Fsp3) is 0.222. The molecule has 0 atom stereocenters. The molecule has 1 aliphatic rings. The Labute approximate surface area is 215 Å². The molecule has 1 aliphatic carbocycles. The Morgan fingerprint density at radius 1 is 1.00 bits per heavy atom. The van der Waals surface area contributed by atoms with Gasteiger partial charge in [0.15, 0.2) is 11.0 Å². The molecule has 0 spiro atoms. The molecule has 1 heterocycles. The standard InChI is InChI=1S/C27H22ClF3N4O2/c1-14-19(28)8-5-9-20(14)33-24(37)17-12-15(13-21-22(17)35-25(34-21)26(2)10-11-26)32-23(36)16-6-3-4-7-18(16)27(29,30)31/h3-9,12-13H,10-11H2,1-2H3,(H,32,36)(H,33,37)(H,34,35)/p+1. The lowest BCUT2D eigenvalue weighted by Gasteiger charge is -2.13. The van der Waals surface area contributed by atoms with Crippen LogP contribution in [0, 0.1) is 6.92 Å². The van der Waals surface area contributed by atoms with Crippen molar-refractivity contribution in [2.75, 3.05) is 10.6 Å². The Kier molecular flexibility index (Phi) is 5.98. The van der Waals surface area contributed by atoms with Gasteiger partial charge in [-0.05, 0) is 62.6 Å². The first kappa shape index (κ1) is 24.8. The van der Waals surface area contributed by atoms with Crippen LogP contribution in [-0.4, -0.2) is 16.8 Å². The molecule has 0 saturated heterocycles. The molecule has 5 rings (SSSR count). The fourth-order valence-corrected chi connectivity index (χ4v) is 4.39. The molecule has 1 fully saturated rings. The Morgan fingerprint density at radius 2 is 1.70 bits per heavy atom. The van der Waals surface area contributed by atoms with Crippen molar-refractivity contribution in [3.8, 4) is 0 Å². The van der Waals surface area contributed by atoms with Crippen molar-refractivity contribution in [1.29, 1.82) is 0 Å². The number of nitrogens with one attached hydrogen (secondary N) is 4. The van der Waals surface area contributed by atoms with E-state index in [1.165, 1.54) is 18.2 Å². The molecule has 2 amide bonds. The van der Waals surface area contributed by atoms with Gasteiger partial charge in [-0.25, -0.2) is 9.97 Å². The average molecular weight is 528 g/mol. The molecule has 0 unspecified atom stereocenters.